The van der Waals surface area contributed by atoms with Crippen LogP contribution in [-0.4, -0.2) is 28.0 Å². The molecule has 0 saturated carbocycles. The van der Waals surface area contributed by atoms with E-state index in [-0.39, 0.29) is 0 Å². The van der Waals surface area contributed by atoms with Gasteiger partial charge in [0, 0.05) is 12.7 Å². The van der Waals surface area contributed by atoms with Gasteiger partial charge in [0.2, 0.25) is 0 Å². The normalized spacial score (nSPS) is 12.1. The van der Waals surface area contributed by atoms with E-state index in [1.54, 1.807) is 37.3 Å². The van der Waals surface area contributed by atoms with Gasteiger partial charge in [0.15, 0.2) is 0 Å². The summed E-state index contributed by atoms with van der Waals surface area (Å²) in [5.41, 5.74) is 0.154. The molecule has 6 nitrogen and oxygen atoms in total. The van der Waals surface area contributed by atoms with Gasteiger partial charge in [0.25, 0.3) is 11.5 Å². The second-order valence-electron chi connectivity index (χ2n) is 3.96. The van der Waals surface area contributed by atoms with Crippen LogP contribution in [0.4, 0.5) is 0 Å². The first-order chi connectivity index (χ1) is 9.15. The van der Waals surface area contributed by atoms with E-state index < -0.39 is 17.6 Å². The Kier molecular flexibility index (Phi) is 3.82. The topological polar surface area (TPSA) is 74.1 Å². The van der Waals surface area contributed by atoms with Crippen molar-refractivity contribution in [3.63, 3.8) is 0 Å². The molecule has 0 aliphatic heterocycles. The number of hydrogen-bond acceptors (Lipinski definition) is 5. The lowest BCUT2D eigenvalue weighted by atomic mass is 10.2. The van der Waals surface area contributed by atoms with E-state index in [1.165, 1.54) is 13.3 Å². The molecule has 2 rings (SSSR count). The fourth-order valence-corrected chi connectivity index (χ4v) is 1.60. The zero-order valence-electron chi connectivity index (χ0n) is 10.6. The largest absolute Gasteiger partial charge is 0.377 e. The number of aromatic nitrogens is 3. The average Bonchev–Trinajstić information content (AvgIpc) is 2.47. The maximum absolute atomic E-state index is 12.1. The van der Waals surface area contributed by atoms with Crippen LogP contribution in [0, 0.1) is 0 Å². The van der Waals surface area contributed by atoms with Crippen molar-refractivity contribution in [3.8, 4) is 0 Å². The lowest BCUT2D eigenvalue weighted by Gasteiger charge is -2.09. The van der Waals surface area contributed by atoms with Crippen LogP contribution >= 0.6 is 0 Å². The summed E-state index contributed by atoms with van der Waals surface area (Å²) >= 11 is 0. The Bertz CT molecular complexity index is 637. The molecule has 6 heteroatoms. The molecular formula is C13H13N3O3. The molecule has 1 aromatic carbocycles. The highest BCUT2D eigenvalue weighted by Gasteiger charge is 2.17. The fourth-order valence-electron chi connectivity index (χ4n) is 1.60. The number of carbonyl (C=O) groups excluding carboxylic acids is 1. The van der Waals surface area contributed by atoms with E-state index in [2.05, 4.69) is 10.3 Å². The molecule has 19 heavy (non-hydrogen) atoms. The highest BCUT2D eigenvalue weighted by atomic mass is 16.5. The molecule has 0 radical (unpaired) electrons. The third-order valence-corrected chi connectivity index (χ3v) is 2.78. The third kappa shape index (κ3) is 2.58. The second kappa shape index (κ2) is 5.53. The number of carbonyl (C=O) groups is 1. The summed E-state index contributed by atoms with van der Waals surface area (Å²) in [5.74, 6) is -0.511. The van der Waals surface area contributed by atoms with E-state index in [9.17, 15) is 9.59 Å². The standard InChI is InChI=1S/C13H13N3O3/c1-9(19-2)11-8-14-15-16(13(11)18)12(17)10-6-4-3-5-7-10/h3-9H,1-2H3. The molecule has 0 aliphatic rings. The van der Waals surface area contributed by atoms with Crippen molar-refractivity contribution < 1.29 is 9.53 Å². The molecule has 0 bridgehead atoms. The quantitative estimate of drug-likeness (QED) is 0.823. The molecule has 0 fully saturated rings. The van der Waals surface area contributed by atoms with Crippen molar-refractivity contribution in [2.75, 3.05) is 7.11 Å². The van der Waals surface area contributed by atoms with E-state index in [4.69, 9.17) is 4.74 Å². The first-order valence-corrected chi connectivity index (χ1v) is 5.72. The van der Waals surface area contributed by atoms with Gasteiger partial charge in [0.05, 0.1) is 17.9 Å². The molecule has 0 spiro atoms. The average molecular weight is 259 g/mol. The van der Waals surface area contributed by atoms with Crippen LogP contribution in [0.25, 0.3) is 0 Å². The maximum atomic E-state index is 12.1. The number of rotatable bonds is 3. The zero-order valence-corrected chi connectivity index (χ0v) is 10.6. The first-order valence-electron chi connectivity index (χ1n) is 5.72. The molecule has 2 aromatic rings. The Morgan fingerprint density at radius 2 is 2.00 bits per heavy atom. The van der Waals surface area contributed by atoms with Gasteiger partial charge in [0.1, 0.15) is 0 Å². The van der Waals surface area contributed by atoms with Crippen LogP contribution in [0.3, 0.4) is 0 Å². The Balaban J connectivity index is 2.47. The van der Waals surface area contributed by atoms with Crippen molar-refractivity contribution in [2.45, 2.75) is 13.0 Å². The van der Waals surface area contributed by atoms with Gasteiger partial charge in [-0.1, -0.05) is 23.4 Å². The van der Waals surface area contributed by atoms with Crippen LogP contribution in [0.5, 0.6) is 0 Å². The molecule has 0 amide bonds. The van der Waals surface area contributed by atoms with E-state index in [1.807, 2.05) is 0 Å². The molecule has 1 heterocycles. The molecule has 0 N–H and O–H groups in total. The SMILES string of the molecule is COC(C)c1cnnn(C(=O)c2ccccc2)c1=O. The van der Waals surface area contributed by atoms with Crippen LogP contribution in [0.2, 0.25) is 0 Å². The number of benzene rings is 1. The molecule has 0 aliphatic carbocycles. The van der Waals surface area contributed by atoms with E-state index >= 15 is 0 Å². The van der Waals surface area contributed by atoms with Gasteiger partial charge in [-0.15, -0.1) is 9.78 Å². The van der Waals surface area contributed by atoms with Gasteiger partial charge in [-0.2, -0.15) is 0 Å². The van der Waals surface area contributed by atoms with Crippen LogP contribution in [0.15, 0.2) is 41.3 Å². The second-order valence-corrected chi connectivity index (χ2v) is 3.96. The van der Waals surface area contributed by atoms with Crippen LogP contribution in [-0.2, 0) is 4.74 Å². The number of nitrogens with zero attached hydrogens (tertiary/aromatic N) is 3. The smallest absolute Gasteiger partial charge is 0.283 e. The molecule has 98 valence electrons. The Morgan fingerprint density at radius 3 is 2.63 bits per heavy atom. The zero-order chi connectivity index (χ0) is 13.8. The summed E-state index contributed by atoms with van der Waals surface area (Å²) in [7, 11) is 1.48. The summed E-state index contributed by atoms with van der Waals surface area (Å²) in [6.07, 6.45) is 0.864. The first kappa shape index (κ1) is 13.1. The predicted molar refractivity (Wildman–Crippen MR) is 67.9 cm³/mol. The van der Waals surface area contributed by atoms with Crippen LogP contribution < -0.4 is 5.56 Å². The number of hydrogen-bond donors (Lipinski definition) is 0. The minimum atomic E-state index is -0.516. The van der Waals surface area contributed by atoms with Gasteiger partial charge in [-0.25, -0.2) is 0 Å². The summed E-state index contributed by atoms with van der Waals surface area (Å²) in [4.78, 5) is 24.3. The molecule has 1 aromatic heterocycles. The molecular weight excluding hydrogens is 246 g/mol. The van der Waals surface area contributed by atoms with Gasteiger partial charge >= 0.3 is 0 Å². The van der Waals surface area contributed by atoms with E-state index in [0.29, 0.717) is 11.1 Å². The van der Waals surface area contributed by atoms with Crippen molar-refractivity contribution in [3.05, 3.63) is 58.0 Å². The van der Waals surface area contributed by atoms with E-state index in [0.717, 1.165) is 4.68 Å². The lowest BCUT2D eigenvalue weighted by Crippen LogP contribution is -2.33. The highest BCUT2D eigenvalue weighted by Crippen LogP contribution is 2.09. The lowest BCUT2D eigenvalue weighted by molar-refractivity contribution is 0.0925. The van der Waals surface area contributed by atoms with Gasteiger partial charge in [-0.3, -0.25) is 9.59 Å². The summed E-state index contributed by atoms with van der Waals surface area (Å²) in [5, 5.41) is 7.25. The van der Waals surface area contributed by atoms with Crippen molar-refractivity contribution in [2.24, 2.45) is 0 Å². The number of ether oxygens (including phenoxy) is 1. The van der Waals surface area contributed by atoms with Crippen molar-refractivity contribution in [1.29, 1.82) is 0 Å². The maximum Gasteiger partial charge on any atom is 0.283 e. The minimum Gasteiger partial charge on any atom is -0.377 e. The van der Waals surface area contributed by atoms with Crippen molar-refractivity contribution >= 4 is 5.91 Å². The number of methoxy groups -OCH3 is 1. The third-order valence-electron chi connectivity index (χ3n) is 2.78. The van der Waals surface area contributed by atoms with Gasteiger partial charge in [-0.05, 0) is 19.1 Å². The van der Waals surface area contributed by atoms with Crippen LogP contribution in [0.1, 0.15) is 28.9 Å². The predicted octanol–water partition coefficient (Wildman–Crippen LogP) is 1.03. The molecule has 0 saturated heterocycles. The minimum absolute atomic E-state index is 0.293. The monoisotopic (exact) mass is 259 g/mol. The molecule has 1 atom stereocenters. The van der Waals surface area contributed by atoms with Crippen molar-refractivity contribution in [1.82, 2.24) is 15.0 Å². The summed E-state index contributed by atoms with van der Waals surface area (Å²) < 4.78 is 5.82. The Hall–Kier alpha value is -2.34. The Labute approximate surface area is 109 Å². The molecule has 1 unspecified atom stereocenters. The fraction of sp³-hybridized carbons (Fsp3) is 0.231. The Morgan fingerprint density at radius 1 is 1.32 bits per heavy atom. The summed E-state index contributed by atoms with van der Waals surface area (Å²) in [6.45, 7) is 1.70. The highest BCUT2D eigenvalue weighted by molar-refractivity contribution is 5.95. The summed E-state index contributed by atoms with van der Waals surface area (Å²) in [6, 6.07) is 8.45. The van der Waals surface area contributed by atoms with Gasteiger partial charge < -0.3 is 4.74 Å².